The number of hydrogen-bond acceptors (Lipinski definition) is 5. The fourth-order valence-electron chi connectivity index (χ4n) is 1.70. The first-order chi connectivity index (χ1) is 10.6. The number of esters is 1. The van der Waals surface area contributed by atoms with E-state index in [0.29, 0.717) is 10.4 Å². The van der Waals surface area contributed by atoms with E-state index in [0.717, 1.165) is 0 Å². The summed E-state index contributed by atoms with van der Waals surface area (Å²) in [6.45, 7) is -0.611. The highest BCUT2D eigenvalue weighted by atomic mass is 79.9. The van der Waals surface area contributed by atoms with Crippen LogP contribution < -0.4 is 4.90 Å². The van der Waals surface area contributed by atoms with E-state index in [2.05, 4.69) is 15.9 Å². The molecule has 0 saturated carbocycles. The molecule has 0 spiro atoms. The molecule has 0 bridgehead atoms. The second-order valence-corrected chi connectivity index (χ2v) is 4.94. The van der Waals surface area contributed by atoms with Crippen molar-refractivity contribution in [1.29, 1.82) is 5.26 Å². The number of carbonyl (C=O) groups is 2. The van der Waals surface area contributed by atoms with Crippen LogP contribution in [0.1, 0.15) is 10.6 Å². The normalized spacial score (nSPS) is 9.82. The molecular weight excluding hydrogens is 352 g/mol. The number of furan rings is 1. The fourth-order valence-corrected chi connectivity index (χ4v) is 2.01. The van der Waals surface area contributed by atoms with Gasteiger partial charge in [0.15, 0.2) is 11.3 Å². The topological polar surface area (TPSA) is 83.5 Å². The van der Waals surface area contributed by atoms with Crippen molar-refractivity contribution in [2.45, 2.75) is 0 Å². The van der Waals surface area contributed by atoms with E-state index in [4.69, 9.17) is 14.4 Å². The average molecular weight is 363 g/mol. The van der Waals surface area contributed by atoms with E-state index in [9.17, 15) is 9.59 Å². The van der Waals surface area contributed by atoms with Crippen molar-refractivity contribution in [2.75, 3.05) is 18.1 Å². The largest absolute Gasteiger partial charge is 0.450 e. The first kappa shape index (κ1) is 15.8. The highest BCUT2D eigenvalue weighted by molar-refractivity contribution is 9.10. The van der Waals surface area contributed by atoms with Gasteiger partial charge in [-0.15, -0.1) is 0 Å². The van der Waals surface area contributed by atoms with Gasteiger partial charge >= 0.3 is 5.97 Å². The van der Waals surface area contributed by atoms with E-state index in [-0.39, 0.29) is 12.3 Å². The zero-order chi connectivity index (χ0) is 15.9. The van der Waals surface area contributed by atoms with E-state index in [1.54, 1.807) is 36.4 Å². The van der Waals surface area contributed by atoms with E-state index < -0.39 is 18.5 Å². The number of benzene rings is 1. The van der Waals surface area contributed by atoms with Crippen LogP contribution in [0.5, 0.6) is 0 Å². The van der Waals surface area contributed by atoms with Gasteiger partial charge in [0.25, 0.3) is 5.91 Å². The lowest BCUT2D eigenvalue weighted by Gasteiger charge is -2.19. The molecule has 0 atom stereocenters. The summed E-state index contributed by atoms with van der Waals surface area (Å²) in [5, 5.41) is 8.83. The van der Waals surface area contributed by atoms with Gasteiger partial charge in [0.1, 0.15) is 6.54 Å². The van der Waals surface area contributed by atoms with Crippen LogP contribution >= 0.6 is 15.9 Å². The number of nitrogens with zero attached hydrogens (tertiary/aromatic N) is 2. The Balaban J connectivity index is 2.00. The summed E-state index contributed by atoms with van der Waals surface area (Å²) in [7, 11) is 0. The van der Waals surface area contributed by atoms with Crippen LogP contribution in [0.3, 0.4) is 0 Å². The van der Waals surface area contributed by atoms with Crippen molar-refractivity contribution in [3.05, 3.63) is 52.9 Å². The molecule has 1 heterocycles. The second kappa shape index (κ2) is 7.43. The molecule has 0 radical (unpaired) electrons. The fraction of sp³-hybridized carbons (Fsp3) is 0.133. The number of nitriles is 1. The Morgan fingerprint density at radius 1 is 1.23 bits per heavy atom. The molecule has 22 heavy (non-hydrogen) atoms. The van der Waals surface area contributed by atoms with Crippen molar-refractivity contribution >= 4 is 33.5 Å². The van der Waals surface area contributed by atoms with Crippen LogP contribution in [0.2, 0.25) is 0 Å². The molecule has 7 heteroatoms. The molecule has 0 aliphatic carbocycles. The van der Waals surface area contributed by atoms with Gasteiger partial charge in [-0.3, -0.25) is 9.69 Å². The smallest absolute Gasteiger partial charge is 0.374 e. The van der Waals surface area contributed by atoms with Crippen molar-refractivity contribution in [3.8, 4) is 6.07 Å². The number of halogens is 1. The molecule has 0 aliphatic heterocycles. The van der Waals surface area contributed by atoms with Crippen molar-refractivity contribution in [1.82, 2.24) is 0 Å². The average Bonchev–Trinajstić information content (AvgIpc) is 2.97. The number of para-hydroxylation sites is 1. The Morgan fingerprint density at radius 3 is 2.55 bits per heavy atom. The quantitative estimate of drug-likeness (QED) is 0.603. The Hall–Kier alpha value is -2.59. The van der Waals surface area contributed by atoms with Crippen LogP contribution in [0.4, 0.5) is 5.69 Å². The highest BCUT2D eigenvalue weighted by Crippen LogP contribution is 2.16. The van der Waals surface area contributed by atoms with Crippen molar-refractivity contribution < 1.29 is 18.7 Å². The number of carbonyl (C=O) groups excluding carboxylic acids is 2. The van der Waals surface area contributed by atoms with Gasteiger partial charge in [-0.05, 0) is 40.2 Å². The molecule has 0 aliphatic rings. The van der Waals surface area contributed by atoms with Gasteiger partial charge in [0.05, 0.1) is 6.07 Å². The third kappa shape index (κ3) is 3.96. The predicted molar refractivity (Wildman–Crippen MR) is 81.1 cm³/mol. The molecule has 1 aromatic heterocycles. The maximum Gasteiger partial charge on any atom is 0.374 e. The Morgan fingerprint density at radius 2 is 1.95 bits per heavy atom. The molecule has 0 saturated heterocycles. The van der Waals surface area contributed by atoms with Gasteiger partial charge in [0.2, 0.25) is 5.76 Å². The van der Waals surface area contributed by atoms with Crippen LogP contribution in [0, 0.1) is 11.3 Å². The Labute approximate surface area is 135 Å². The first-order valence-electron chi connectivity index (χ1n) is 6.26. The third-order valence-corrected chi connectivity index (χ3v) is 3.13. The maximum absolute atomic E-state index is 12.1. The lowest BCUT2D eigenvalue weighted by atomic mass is 10.3. The van der Waals surface area contributed by atoms with Crippen LogP contribution in [-0.2, 0) is 9.53 Å². The summed E-state index contributed by atoms with van der Waals surface area (Å²) < 4.78 is 10.3. The molecule has 1 aromatic carbocycles. The van der Waals surface area contributed by atoms with Gasteiger partial charge in [-0.25, -0.2) is 4.79 Å². The number of rotatable bonds is 5. The number of amides is 1. The molecule has 6 nitrogen and oxygen atoms in total. The second-order valence-electron chi connectivity index (χ2n) is 4.15. The third-order valence-electron chi connectivity index (χ3n) is 2.70. The standard InChI is InChI=1S/C15H11BrN2O4/c16-13-7-6-12(22-13)15(20)21-10-14(19)18(9-8-17)11-4-2-1-3-5-11/h1-7H,9-10H2. The van der Waals surface area contributed by atoms with Gasteiger partial charge < -0.3 is 9.15 Å². The predicted octanol–water partition coefficient (Wildman–Crippen LogP) is 2.76. The summed E-state index contributed by atoms with van der Waals surface area (Å²) in [6, 6.07) is 13.6. The SMILES string of the molecule is N#CCN(C(=O)COC(=O)c1ccc(Br)o1)c1ccccc1. The molecule has 1 amide bonds. The summed E-state index contributed by atoms with van der Waals surface area (Å²) in [5.74, 6) is -1.25. The van der Waals surface area contributed by atoms with Crippen molar-refractivity contribution in [3.63, 3.8) is 0 Å². The Bertz CT molecular complexity index is 706. The monoisotopic (exact) mass is 362 g/mol. The van der Waals surface area contributed by atoms with Crippen LogP contribution in [-0.4, -0.2) is 25.0 Å². The highest BCUT2D eigenvalue weighted by Gasteiger charge is 2.19. The minimum absolute atomic E-state index is 0.00813. The van der Waals surface area contributed by atoms with E-state index in [1.807, 2.05) is 6.07 Å². The first-order valence-corrected chi connectivity index (χ1v) is 7.06. The molecular formula is C15H11BrN2O4. The van der Waals surface area contributed by atoms with Crippen LogP contribution in [0.25, 0.3) is 0 Å². The van der Waals surface area contributed by atoms with E-state index in [1.165, 1.54) is 11.0 Å². The summed E-state index contributed by atoms with van der Waals surface area (Å²) in [6.07, 6.45) is 0. The summed E-state index contributed by atoms with van der Waals surface area (Å²) >= 11 is 3.07. The summed E-state index contributed by atoms with van der Waals surface area (Å²) in [5.41, 5.74) is 0.561. The van der Waals surface area contributed by atoms with Gasteiger partial charge in [0, 0.05) is 5.69 Å². The molecule has 2 aromatic rings. The minimum Gasteiger partial charge on any atom is -0.450 e. The lowest BCUT2D eigenvalue weighted by Crippen LogP contribution is -2.35. The zero-order valence-electron chi connectivity index (χ0n) is 11.4. The summed E-state index contributed by atoms with van der Waals surface area (Å²) in [4.78, 5) is 25.1. The van der Waals surface area contributed by atoms with E-state index >= 15 is 0 Å². The zero-order valence-corrected chi connectivity index (χ0v) is 12.9. The number of ether oxygens (including phenoxy) is 1. The minimum atomic E-state index is -0.746. The lowest BCUT2D eigenvalue weighted by molar-refractivity contribution is -0.121. The van der Waals surface area contributed by atoms with Gasteiger partial charge in [-0.1, -0.05) is 18.2 Å². The van der Waals surface area contributed by atoms with Crippen molar-refractivity contribution in [2.24, 2.45) is 0 Å². The molecule has 112 valence electrons. The molecule has 0 N–H and O–H groups in total. The number of anilines is 1. The van der Waals surface area contributed by atoms with Crippen LogP contribution in [0.15, 0.2) is 51.6 Å². The Kier molecular flexibility index (Phi) is 5.33. The molecule has 0 fully saturated rings. The maximum atomic E-state index is 12.1. The molecule has 0 unspecified atom stereocenters. The number of hydrogen-bond donors (Lipinski definition) is 0. The van der Waals surface area contributed by atoms with Gasteiger partial charge in [-0.2, -0.15) is 5.26 Å². The molecule has 2 rings (SSSR count).